The van der Waals surface area contributed by atoms with Gasteiger partial charge in [-0.15, -0.1) is 0 Å². The maximum atomic E-state index is 15.0. The third kappa shape index (κ3) is 4.42. The Bertz CT molecular complexity index is 1420. The molecule has 0 unspecified atom stereocenters. The van der Waals surface area contributed by atoms with E-state index >= 15 is 4.57 Å². The maximum absolute atomic E-state index is 15.0. The van der Waals surface area contributed by atoms with Crippen LogP contribution in [0.5, 0.6) is 5.75 Å². The van der Waals surface area contributed by atoms with Gasteiger partial charge < -0.3 is 9.09 Å². The first kappa shape index (κ1) is 23.1. The van der Waals surface area contributed by atoms with Crippen LogP contribution in [0.15, 0.2) is 146 Å². The summed E-state index contributed by atoms with van der Waals surface area (Å²) < 4.78 is 36.1. The number of hydrogen-bond donors (Lipinski definition) is 0. The van der Waals surface area contributed by atoms with Crippen molar-refractivity contribution in [1.82, 2.24) is 0 Å². The van der Waals surface area contributed by atoms with Crippen molar-refractivity contribution >= 4 is 41.0 Å². The molecule has 0 atom stereocenters. The van der Waals surface area contributed by atoms with Gasteiger partial charge in [0.25, 0.3) is 0 Å². The van der Waals surface area contributed by atoms with Gasteiger partial charge in [0.15, 0.2) is 7.14 Å². The smallest absolute Gasteiger partial charge is 0.306 e. The molecule has 35 heavy (non-hydrogen) atoms. The van der Waals surface area contributed by atoms with Gasteiger partial charge in [0.05, 0.1) is 15.9 Å². The molecule has 0 N–H and O–H groups in total. The first-order chi connectivity index (χ1) is 17.1. The van der Waals surface area contributed by atoms with Gasteiger partial charge in [0, 0.05) is 10.6 Å². The van der Waals surface area contributed by atoms with Crippen LogP contribution >= 0.6 is 14.5 Å². The van der Waals surface area contributed by atoms with E-state index in [4.69, 9.17) is 4.52 Å². The number of benzene rings is 5. The standard InChI is InChI=1S/C30H24O3P2/c31-34(25-15-5-1-6-16-25,26-17-7-2-8-18-26)30-24-14-13-23-29(30)33-35(32,27-19-9-3-10-20-27)28-21-11-4-12-22-28/h1-24H. The largest absolute Gasteiger partial charge is 0.436 e. The van der Waals surface area contributed by atoms with Crippen LogP contribution in [0.4, 0.5) is 0 Å². The van der Waals surface area contributed by atoms with Gasteiger partial charge in [0.2, 0.25) is 0 Å². The summed E-state index contributed by atoms with van der Waals surface area (Å²) in [5.74, 6) is 0.347. The molecule has 0 aliphatic heterocycles. The van der Waals surface area contributed by atoms with Crippen LogP contribution in [0.1, 0.15) is 0 Å². The Morgan fingerprint density at radius 1 is 0.400 bits per heavy atom. The molecule has 0 saturated carbocycles. The first-order valence-corrected chi connectivity index (χ1v) is 14.7. The molecule has 5 aromatic rings. The molecule has 0 amide bonds. The molecule has 0 aromatic heterocycles. The van der Waals surface area contributed by atoms with Crippen molar-refractivity contribution in [2.45, 2.75) is 0 Å². The number of rotatable bonds is 7. The van der Waals surface area contributed by atoms with Crippen LogP contribution in [0, 0.1) is 0 Å². The molecular weight excluding hydrogens is 470 g/mol. The minimum atomic E-state index is -3.55. The molecule has 0 aliphatic carbocycles. The fourth-order valence-electron chi connectivity index (χ4n) is 4.14. The Morgan fingerprint density at radius 3 is 1.17 bits per heavy atom. The summed E-state index contributed by atoms with van der Waals surface area (Å²) in [6, 6.07) is 44.5. The van der Waals surface area contributed by atoms with Crippen molar-refractivity contribution < 1.29 is 13.7 Å². The van der Waals surface area contributed by atoms with Gasteiger partial charge in [-0.1, -0.05) is 109 Å². The molecule has 0 heterocycles. The number of hydrogen-bond acceptors (Lipinski definition) is 3. The molecule has 3 nitrogen and oxygen atoms in total. The Morgan fingerprint density at radius 2 is 0.743 bits per heavy atom. The molecule has 5 aromatic carbocycles. The summed E-state index contributed by atoms with van der Waals surface area (Å²) in [4.78, 5) is 0. The Hall–Kier alpha value is -3.64. The van der Waals surface area contributed by atoms with E-state index in [2.05, 4.69) is 0 Å². The van der Waals surface area contributed by atoms with E-state index in [9.17, 15) is 4.57 Å². The lowest BCUT2D eigenvalue weighted by Crippen LogP contribution is -2.27. The van der Waals surface area contributed by atoms with Crippen LogP contribution in [0.3, 0.4) is 0 Å². The summed E-state index contributed by atoms with van der Waals surface area (Å²) >= 11 is 0. The molecule has 0 saturated heterocycles. The fraction of sp³-hybridized carbons (Fsp3) is 0. The van der Waals surface area contributed by atoms with Crippen LogP contribution in [-0.4, -0.2) is 0 Å². The lowest BCUT2D eigenvalue weighted by atomic mass is 10.3. The monoisotopic (exact) mass is 494 g/mol. The summed E-state index contributed by atoms with van der Waals surface area (Å²) in [7, 11) is -6.88. The topological polar surface area (TPSA) is 43.4 Å². The fourth-order valence-corrected chi connectivity index (χ4v) is 9.05. The van der Waals surface area contributed by atoms with Gasteiger partial charge in [-0.2, -0.15) is 0 Å². The van der Waals surface area contributed by atoms with E-state index in [-0.39, 0.29) is 0 Å². The highest BCUT2D eigenvalue weighted by Gasteiger charge is 2.36. The number of para-hydroxylation sites is 1. The second kappa shape index (κ2) is 9.92. The summed E-state index contributed by atoms with van der Waals surface area (Å²) in [5, 5.41) is 3.06. The van der Waals surface area contributed by atoms with E-state index in [1.54, 1.807) is 6.07 Å². The lowest BCUT2D eigenvalue weighted by molar-refractivity contribution is 0.504. The molecule has 5 rings (SSSR count). The minimum Gasteiger partial charge on any atom is -0.436 e. The second-order valence-corrected chi connectivity index (χ2v) is 13.1. The maximum Gasteiger partial charge on any atom is 0.306 e. The van der Waals surface area contributed by atoms with Crippen molar-refractivity contribution in [3.63, 3.8) is 0 Å². The quantitative estimate of drug-likeness (QED) is 0.275. The highest BCUT2D eigenvalue weighted by molar-refractivity contribution is 7.85. The van der Waals surface area contributed by atoms with E-state index in [1.165, 1.54) is 0 Å². The third-order valence-electron chi connectivity index (χ3n) is 5.86. The summed E-state index contributed by atoms with van der Waals surface area (Å²) in [6.45, 7) is 0. The molecule has 172 valence electrons. The molecule has 0 fully saturated rings. The van der Waals surface area contributed by atoms with E-state index < -0.39 is 14.5 Å². The van der Waals surface area contributed by atoms with E-state index in [0.717, 1.165) is 0 Å². The van der Waals surface area contributed by atoms with Crippen LogP contribution in [0.25, 0.3) is 0 Å². The van der Waals surface area contributed by atoms with Crippen molar-refractivity contribution in [3.05, 3.63) is 146 Å². The van der Waals surface area contributed by atoms with Crippen molar-refractivity contribution in [2.75, 3.05) is 0 Å². The van der Waals surface area contributed by atoms with Crippen LogP contribution < -0.4 is 31.0 Å². The van der Waals surface area contributed by atoms with Crippen LogP contribution in [-0.2, 0) is 9.13 Å². The average Bonchev–Trinajstić information content (AvgIpc) is 2.95. The zero-order chi connectivity index (χ0) is 24.1. The van der Waals surface area contributed by atoms with Crippen molar-refractivity contribution in [3.8, 4) is 5.75 Å². The Balaban J connectivity index is 1.72. The highest BCUT2D eigenvalue weighted by atomic mass is 31.2. The molecule has 0 spiro atoms. The highest BCUT2D eigenvalue weighted by Crippen LogP contribution is 2.50. The lowest BCUT2D eigenvalue weighted by Gasteiger charge is -2.26. The average molecular weight is 494 g/mol. The summed E-state index contributed by atoms with van der Waals surface area (Å²) in [6.07, 6.45) is 0. The van der Waals surface area contributed by atoms with Gasteiger partial charge in [-0.3, -0.25) is 4.57 Å². The Labute approximate surface area is 205 Å². The zero-order valence-electron chi connectivity index (χ0n) is 19.0. The third-order valence-corrected chi connectivity index (χ3v) is 11.4. The predicted octanol–water partition coefficient (Wildman–Crippen LogP) is 5.63. The van der Waals surface area contributed by atoms with Gasteiger partial charge in [-0.05, 0) is 36.4 Å². The molecular formula is C30H24O3P2. The first-order valence-electron chi connectivity index (χ1n) is 11.3. The van der Waals surface area contributed by atoms with Crippen molar-refractivity contribution in [2.24, 2.45) is 0 Å². The normalized spacial score (nSPS) is 11.7. The van der Waals surface area contributed by atoms with E-state index in [1.807, 2.05) is 140 Å². The van der Waals surface area contributed by atoms with E-state index in [0.29, 0.717) is 32.3 Å². The second-order valence-electron chi connectivity index (χ2n) is 8.06. The van der Waals surface area contributed by atoms with Crippen LogP contribution in [0.2, 0.25) is 0 Å². The zero-order valence-corrected chi connectivity index (χ0v) is 20.8. The molecule has 5 heteroatoms. The predicted molar refractivity (Wildman–Crippen MR) is 146 cm³/mol. The molecule has 0 aliphatic rings. The Kier molecular flexibility index (Phi) is 6.55. The minimum absolute atomic E-state index is 0.347. The van der Waals surface area contributed by atoms with Gasteiger partial charge >= 0.3 is 7.37 Å². The van der Waals surface area contributed by atoms with Gasteiger partial charge in [-0.25, -0.2) is 0 Å². The van der Waals surface area contributed by atoms with Gasteiger partial charge in [0.1, 0.15) is 5.75 Å². The molecule has 0 bridgehead atoms. The summed E-state index contributed by atoms with van der Waals surface area (Å²) in [5.41, 5.74) is 0. The van der Waals surface area contributed by atoms with Crippen molar-refractivity contribution in [1.29, 1.82) is 0 Å². The molecule has 0 radical (unpaired) electrons. The SMILES string of the molecule is O=P(Oc1ccccc1P(=O)(c1ccccc1)c1ccccc1)(c1ccccc1)c1ccccc1.